The molecule has 0 aliphatic heterocycles. The van der Waals surface area contributed by atoms with Crippen molar-refractivity contribution in [3.8, 4) is 0 Å². The third-order valence-corrected chi connectivity index (χ3v) is 2.87. The van der Waals surface area contributed by atoms with E-state index in [2.05, 4.69) is 5.32 Å². The highest BCUT2D eigenvalue weighted by Crippen LogP contribution is 2.35. The van der Waals surface area contributed by atoms with Crippen LogP contribution < -0.4 is 5.32 Å². The Kier molecular flexibility index (Phi) is 5.35. The average Bonchev–Trinajstić information content (AvgIpc) is 2.26. The number of nitrogens with one attached hydrogen (secondary N) is 1. The van der Waals surface area contributed by atoms with Gasteiger partial charge in [0.2, 0.25) is 0 Å². The Morgan fingerprint density at radius 3 is 2.32 bits per heavy atom. The monoisotopic (exact) mass is 277 g/mol. The summed E-state index contributed by atoms with van der Waals surface area (Å²) in [6, 6.07) is 3.05. The molecule has 0 saturated heterocycles. The van der Waals surface area contributed by atoms with Crippen LogP contribution in [0.15, 0.2) is 18.2 Å². The summed E-state index contributed by atoms with van der Waals surface area (Å²) < 4.78 is 52.1. The molecular formula is C14H19F4N. The van der Waals surface area contributed by atoms with Gasteiger partial charge in [0.25, 0.3) is 0 Å². The van der Waals surface area contributed by atoms with Crippen molar-refractivity contribution < 1.29 is 17.6 Å². The molecule has 1 unspecified atom stereocenters. The van der Waals surface area contributed by atoms with Gasteiger partial charge in [-0.05, 0) is 24.9 Å². The maximum atomic E-state index is 14.0. The van der Waals surface area contributed by atoms with Crippen molar-refractivity contribution in [1.29, 1.82) is 0 Å². The van der Waals surface area contributed by atoms with Crippen LogP contribution >= 0.6 is 0 Å². The lowest BCUT2D eigenvalue weighted by Crippen LogP contribution is -2.24. The molecule has 1 atom stereocenters. The molecule has 1 rings (SSSR count). The fourth-order valence-corrected chi connectivity index (χ4v) is 2.08. The van der Waals surface area contributed by atoms with Gasteiger partial charge in [-0.2, -0.15) is 13.2 Å². The van der Waals surface area contributed by atoms with Crippen LogP contribution in [-0.4, -0.2) is 6.54 Å². The van der Waals surface area contributed by atoms with Crippen LogP contribution in [0.4, 0.5) is 17.6 Å². The maximum absolute atomic E-state index is 14.0. The van der Waals surface area contributed by atoms with Gasteiger partial charge in [0.05, 0.1) is 5.56 Å². The molecular weight excluding hydrogens is 258 g/mol. The normalized spacial score (nSPS) is 13.9. The van der Waals surface area contributed by atoms with E-state index in [4.69, 9.17) is 0 Å². The van der Waals surface area contributed by atoms with E-state index >= 15 is 0 Å². The zero-order valence-electron chi connectivity index (χ0n) is 11.3. The van der Waals surface area contributed by atoms with Crippen LogP contribution in [0.25, 0.3) is 0 Å². The molecule has 0 radical (unpaired) electrons. The largest absolute Gasteiger partial charge is 0.419 e. The molecule has 0 amide bonds. The fourth-order valence-electron chi connectivity index (χ4n) is 2.08. The molecule has 0 bridgehead atoms. The average molecular weight is 277 g/mol. The van der Waals surface area contributed by atoms with E-state index in [0.717, 1.165) is 6.07 Å². The Bertz CT molecular complexity index is 412. The van der Waals surface area contributed by atoms with Gasteiger partial charge >= 0.3 is 6.18 Å². The van der Waals surface area contributed by atoms with Crippen LogP contribution in [0.3, 0.4) is 0 Å². The number of hydrogen-bond donors (Lipinski definition) is 1. The second-order valence-corrected chi connectivity index (χ2v) is 4.95. The molecule has 0 fully saturated rings. The van der Waals surface area contributed by atoms with Crippen molar-refractivity contribution in [2.45, 2.75) is 39.4 Å². The summed E-state index contributed by atoms with van der Waals surface area (Å²) in [5.41, 5.74) is -1.11. The first-order chi connectivity index (χ1) is 8.77. The lowest BCUT2D eigenvalue weighted by atomic mass is 9.95. The van der Waals surface area contributed by atoms with E-state index in [0.29, 0.717) is 13.0 Å². The van der Waals surface area contributed by atoms with Gasteiger partial charge in [0.15, 0.2) is 0 Å². The van der Waals surface area contributed by atoms with Crippen molar-refractivity contribution in [1.82, 2.24) is 5.32 Å². The van der Waals surface area contributed by atoms with Gasteiger partial charge in [-0.15, -0.1) is 0 Å². The van der Waals surface area contributed by atoms with Crippen LogP contribution in [0.5, 0.6) is 0 Å². The van der Waals surface area contributed by atoms with Gasteiger partial charge in [-0.25, -0.2) is 4.39 Å². The number of hydrogen-bond acceptors (Lipinski definition) is 1. The Balaban J connectivity index is 3.17. The van der Waals surface area contributed by atoms with Crippen LogP contribution in [0, 0.1) is 11.7 Å². The van der Waals surface area contributed by atoms with E-state index in [9.17, 15) is 17.6 Å². The minimum atomic E-state index is -4.66. The predicted molar refractivity (Wildman–Crippen MR) is 67.3 cm³/mol. The predicted octanol–water partition coefficient (Wildman–Crippen LogP) is 4.54. The second kappa shape index (κ2) is 6.37. The van der Waals surface area contributed by atoms with Crippen molar-refractivity contribution in [3.63, 3.8) is 0 Å². The first-order valence-corrected chi connectivity index (χ1v) is 6.36. The molecule has 1 aromatic rings. The molecule has 0 aliphatic carbocycles. The topological polar surface area (TPSA) is 12.0 Å². The number of alkyl halides is 3. The highest BCUT2D eigenvalue weighted by molar-refractivity contribution is 5.30. The Hall–Kier alpha value is -1.10. The van der Waals surface area contributed by atoms with Crippen molar-refractivity contribution in [3.05, 3.63) is 35.1 Å². The molecule has 0 saturated carbocycles. The van der Waals surface area contributed by atoms with Crippen LogP contribution in [-0.2, 0) is 6.18 Å². The maximum Gasteiger partial charge on any atom is 0.419 e. The number of rotatable bonds is 5. The van der Waals surface area contributed by atoms with Crippen molar-refractivity contribution >= 4 is 0 Å². The minimum Gasteiger partial charge on any atom is -0.310 e. The fraction of sp³-hybridized carbons (Fsp3) is 0.571. The molecule has 1 nitrogen and oxygen atoms in total. The highest BCUT2D eigenvalue weighted by atomic mass is 19.4. The molecule has 19 heavy (non-hydrogen) atoms. The van der Waals surface area contributed by atoms with E-state index < -0.39 is 23.6 Å². The zero-order valence-corrected chi connectivity index (χ0v) is 11.3. The third kappa shape index (κ3) is 4.20. The van der Waals surface area contributed by atoms with Gasteiger partial charge < -0.3 is 5.32 Å². The molecule has 0 spiro atoms. The van der Waals surface area contributed by atoms with E-state index in [1.807, 2.05) is 20.8 Å². The highest BCUT2D eigenvalue weighted by Gasteiger charge is 2.35. The van der Waals surface area contributed by atoms with Gasteiger partial charge in [0, 0.05) is 11.6 Å². The molecule has 1 aromatic carbocycles. The molecule has 0 aliphatic rings. The smallest absolute Gasteiger partial charge is 0.310 e. The number of halogens is 4. The molecule has 1 N–H and O–H groups in total. The summed E-state index contributed by atoms with van der Waals surface area (Å²) in [5, 5.41) is 3.04. The van der Waals surface area contributed by atoms with Crippen LogP contribution in [0.2, 0.25) is 0 Å². The summed E-state index contributed by atoms with van der Waals surface area (Å²) in [5.74, 6) is -0.903. The lowest BCUT2D eigenvalue weighted by Gasteiger charge is -2.22. The lowest BCUT2D eigenvalue weighted by molar-refractivity contribution is -0.140. The Labute approximate surface area is 111 Å². The minimum absolute atomic E-state index is 0.0883. The first-order valence-electron chi connectivity index (χ1n) is 6.36. The summed E-state index contributed by atoms with van der Waals surface area (Å²) >= 11 is 0. The second-order valence-electron chi connectivity index (χ2n) is 4.95. The Morgan fingerprint density at radius 2 is 1.84 bits per heavy atom. The zero-order chi connectivity index (χ0) is 14.6. The third-order valence-electron chi connectivity index (χ3n) is 2.87. The van der Waals surface area contributed by atoms with Crippen LogP contribution in [0.1, 0.15) is 44.4 Å². The first kappa shape index (κ1) is 16.0. The SMILES string of the molecule is CCNC(CC(C)C)c1cccc(C(F)(F)F)c1F. The molecule has 108 valence electrons. The standard InChI is InChI=1S/C14H19F4N/c1-4-19-12(8-9(2)3)10-6-5-7-11(13(10)15)14(16,17)18/h5-7,9,12,19H,4,8H2,1-3H3. The summed E-state index contributed by atoms with van der Waals surface area (Å²) in [6.07, 6.45) is -4.07. The summed E-state index contributed by atoms with van der Waals surface area (Å²) in [4.78, 5) is 0. The van der Waals surface area contributed by atoms with Gasteiger partial charge in [-0.3, -0.25) is 0 Å². The summed E-state index contributed by atoms with van der Waals surface area (Å²) in [6.45, 7) is 6.33. The van der Waals surface area contributed by atoms with Crippen molar-refractivity contribution in [2.75, 3.05) is 6.54 Å². The van der Waals surface area contributed by atoms with E-state index in [1.54, 1.807) is 0 Å². The Morgan fingerprint density at radius 1 is 1.21 bits per heavy atom. The van der Waals surface area contributed by atoms with Gasteiger partial charge in [-0.1, -0.05) is 32.9 Å². The van der Waals surface area contributed by atoms with E-state index in [1.165, 1.54) is 12.1 Å². The molecule has 0 heterocycles. The summed E-state index contributed by atoms with van der Waals surface area (Å²) in [7, 11) is 0. The number of benzene rings is 1. The van der Waals surface area contributed by atoms with Gasteiger partial charge in [0.1, 0.15) is 5.82 Å². The van der Waals surface area contributed by atoms with Crippen molar-refractivity contribution in [2.24, 2.45) is 5.92 Å². The quantitative estimate of drug-likeness (QED) is 0.779. The molecule has 0 aromatic heterocycles. The van der Waals surface area contributed by atoms with E-state index in [-0.39, 0.29) is 11.5 Å². The molecule has 5 heteroatoms.